The Morgan fingerprint density at radius 1 is 1.06 bits per heavy atom. The fourth-order valence-electron chi connectivity index (χ4n) is 1.70. The Morgan fingerprint density at radius 3 is 2.29 bits per heavy atom. The van der Waals surface area contributed by atoms with Gasteiger partial charge in [-0.05, 0) is 41.0 Å². The molecular weight excluding hydrogens is 260 g/mol. The molecule has 0 heterocycles. The van der Waals surface area contributed by atoms with Crippen LogP contribution in [0.2, 0.25) is 10.0 Å². The molecule has 0 radical (unpaired) electrons. The standard InChI is InChI=1S/C13H10Cl2FN/c14-9-5-11(12(7-17)13(15)6-9)8-1-3-10(16)4-2-8/h1-6H,7,17H2. The summed E-state index contributed by atoms with van der Waals surface area (Å²) in [6.45, 7) is 0.308. The summed E-state index contributed by atoms with van der Waals surface area (Å²) in [5.41, 5.74) is 8.16. The molecule has 0 aromatic heterocycles. The molecule has 17 heavy (non-hydrogen) atoms. The van der Waals surface area contributed by atoms with Gasteiger partial charge < -0.3 is 5.73 Å². The van der Waals surface area contributed by atoms with Gasteiger partial charge in [-0.15, -0.1) is 0 Å². The Morgan fingerprint density at radius 2 is 1.71 bits per heavy atom. The molecule has 0 saturated heterocycles. The van der Waals surface area contributed by atoms with E-state index in [1.807, 2.05) is 0 Å². The van der Waals surface area contributed by atoms with Crippen LogP contribution in [0.15, 0.2) is 36.4 Å². The van der Waals surface area contributed by atoms with Crippen LogP contribution in [-0.4, -0.2) is 0 Å². The first-order valence-corrected chi connectivity index (χ1v) is 5.81. The Kier molecular flexibility index (Phi) is 3.67. The molecule has 88 valence electrons. The van der Waals surface area contributed by atoms with Crippen molar-refractivity contribution in [1.82, 2.24) is 0 Å². The van der Waals surface area contributed by atoms with Crippen LogP contribution in [0.3, 0.4) is 0 Å². The molecule has 0 aliphatic rings. The number of rotatable bonds is 2. The topological polar surface area (TPSA) is 26.0 Å². The molecule has 1 nitrogen and oxygen atoms in total. The van der Waals surface area contributed by atoms with E-state index >= 15 is 0 Å². The zero-order chi connectivity index (χ0) is 12.4. The number of benzene rings is 2. The van der Waals surface area contributed by atoms with Gasteiger partial charge in [-0.1, -0.05) is 35.3 Å². The number of halogens is 3. The van der Waals surface area contributed by atoms with Gasteiger partial charge in [-0.25, -0.2) is 4.39 Å². The first-order valence-electron chi connectivity index (χ1n) is 5.05. The fraction of sp³-hybridized carbons (Fsp3) is 0.0769. The first kappa shape index (κ1) is 12.4. The molecule has 2 aromatic rings. The van der Waals surface area contributed by atoms with E-state index < -0.39 is 0 Å². The molecule has 0 aliphatic carbocycles. The minimum absolute atomic E-state index is 0.281. The number of nitrogens with two attached hydrogens (primary N) is 1. The number of hydrogen-bond donors (Lipinski definition) is 1. The van der Waals surface area contributed by atoms with Gasteiger partial charge in [0.05, 0.1) is 0 Å². The van der Waals surface area contributed by atoms with Gasteiger partial charge in [0.2, 0.25) is 0 Å². The summed E-state index contributed by atoms with van der Waals surface area (Å²) in [5.74, 6) is -0.281. The van der Waals surface area contributed by atoms with Crippen molar-refractivity contribution >= 4 is 23.2 Å². The summed E-state index contributed by atoms with van der Waals surface area (Å²) in [6.07, 6.45) is 0. The molecule has 0 atom stereocenters. The van der Waals surface area contributed by atoms with Crippen molar-refractivity contribution in [2.45, 2.75) is 6.54 Å². The van der Waals surface area contributed by atoms with Crippen molar-refractivity contribution in [3.8, 4) is 11.1 Å². The van der Waals surface area contributed by atoms with E-state index in [0.717, 1.165) is 16.7 Å². The molecule has 0 fully saturated rings. The van der Waals surface area contributed by atoms with Crippen LogP contribution in [0.4, 0.5) is 4.39 Å². The van der Waals surface area contributed by atoms with Crippen molar-refractivity contribution in [3.05, 3.63) is 57.8 Å². The summed E-state index contributed by atoms with van der Waals surface area (Å²) in [4.78, 5) is 0. The van der Waals surface area contributed by atoms with Crippen LogP contribution in [0.25, 0.3) is 11.1 Å². The Hall–Kier alpha value is -1.09. The van der Waals surface area contributed by atoms with E-state index in [-0.39, 0.29) is 5.82 Å². The maximum Gasteiger partial charge on any atom is 0.123 e. The highest BCUT2D eigenvalue weighted by molar-refractivity contribution is 6.35. The maximum absolute atomic E-state index is 12.9. The summed E-state index contributed by atoms with van der Waals surface area (Å²) in [6, 6.07) is 9.57. The van der Waals surface area contributed by atoms with Crippen molar-refractivity contribution in [2.75, 3.05) is 0 Å². The van der Waals surface area contributed by atoms with Gasteiger partial charge >= 0.3 is 0 Å². The zero-order valence-corrected chi connectivity index (χ0v) is 10.4. The molecule has 0 spiro atoms. The van der Waals surface area contributed by atoms with Crippen molar-refractivity contribution in [3.63, 3.8) is 0 Å². The van der Waals surface area contributed by atoms with Crippen LogP contribution in [0.1, 0.15) is 5.56 Å². The third-order valence-electron chi connectivity index (χ3n) is 2.52. The van der Waals surface area contributed by atoms with Gasteiger partial charge in [0.25, 0.3) is 0 Å². The normalized spacial score (nSPS) is 10.6. The second kappa shape index (κ2) is 5.05. The molecule has 0 bridgehead atoms. The lowest BCUT2D eigenvalue weighted by Crippen LogP contribution is -2.00. The summed E-state index contributed by atoms with van der Waals surface area (Å²) >= 11 is 12.0. The second-order valence-corrected chi connectivity index (χ2v) is 4.47. The minimum atomic E-state index is -0.281. The molecular formula is C13H10Cl2FN. The number of hydrogen-bond acceptors (Lipinski definition) is 1. The fourth-order valence-corrected chi connectivity index (χ4v) is 2.27. The smallest absolute Gasteiger partial charge is 0.123 e. The first-order chi connectivity index (χ1) is 8.11. The van der Waals surface area contributed by atoms with Crippen molar-refractivity contribution in [2.24, 2.45) is 5.73 Å². The Labute approximate surface area is 109 Å². The third kappa shape index (κ3) is 2.60. The Bertz CT molecular complexity index is 538. The lowest BCUT2D eigenvalue weighted by atomic mass is 9.99. The van der Waals surface area contributed by atoms with Crippen molar-refractivity contribution in [1.29, 1.82) is 0 Å². The third-order valence-corrected chi connectivity index (χ3v) is 3.08. The largest absolute Gasteiger partial charge is 0.326 e. The summed E-state index contributed by atoms with van der Waals surface area (Å²) in [5, 5.41) is 1.06. The van der Waals surface area contributed by atoms with Gasteiger partial charge in [0.15, 0.2) is 0 Å². The highest BCUT2D eigenvalue weighted by Crippen LogP contribution is 2.32. The van der Waals surface area contributed by atoms with Gasteiger partial charge in [-0.2, -0.15) is 0 Å². The van der Waals surface area contributed by atoms with Crippen LogP contribution in [-0.2, 0) is 6.54 Å². The monoisotopic (exact) mass is 269 g/mol. The molecule has 0 unspecified atom stereocenters. The van der Waals surface area contributed by atoms with Crippen LogP contribution in [0.5, 0.6) is 0 Å². The second-order valence-electron chi connectivity index (χ2n) is 3.62. The predicted molar refractivity (Wildman–Crippen MR) is 69.7 cm³/mol. The maximum atomic E-state index is 12.9. The highest BCUT2D eigenvalue weighted by atomic mass is 35.5. The molecule has 0 amide bonds. The molecule has 0 saturated carbocycles. The van der Waals surface area contributed by atoms with Crippen LogP contribution < -0.4 is 5.73 Å². The van der Waals surface area contributed by atoms with E-state index in [4.69, 9.17) is 28.9 Å². The van der Waals surface area contributed by atoms with Gasteiger partial charge in [0, 0.05) is 16.6 Å². The van der Waals surface area contributed by atoms with Gasteiger partial charge in [0.1, 0.15) is 5.82 Å². The lowest BCUT2D eigenvalue weighted by Gasteiger charge is -2.11. The average Bonchev–Trinajstić information content (AvgIpc) is 2.29. The quantitative estimate of drug-likeness (QED) is 0.866. The molecule has 4 heteroatoms. The zero-order valence-electron chi connectivity index (χ0n) is 8.88. The predicted octanol–water partition coefficient (Wildman–Crippen LogP) is 4.26. The van der Waals surface area contributed by atoms with Crippen LogP contribution in [0, 0.1) is 5.82 Å². The van der Waals surface area contributed by atoms with E-state index in [1.165, 1.54) is 12.1 Å². The SMILES string of the molecule is NCc1c(Cl)cc(Cl)cc1-c1ccc(F)cc1. The molecule has 2 rings (SSSR count). The average molecular weight is 270 g/mol. The van der Waals surface area contributed by atoms with E-state index in [1.54, 1.807) is 24.3 Å². The highest BCUT2D eigenvalue weighted by Gasteiger charge is 2.09. The molecule has 0 aliphatic heterocycles. The summed E-state index contributed by atoms with van der Waals surface area (Å²) in [7, 11) is 0. The summed E-state index contributed by atoms with van der Waals surface area (Å²) < 4.78 is 12.9. The van der Waals surface area contributed by atoms with E-state index in [2.05, 4.69) is 0 Å². The van der Waals surface area contributed by atoms with E-state index in [0.29, 0.717) is 16.6 Å². The minimum Gasteiger partial charge on any atom is -0.326 e. The van der Waals surface area contributed by atoms with Crippen LogP contribution >= 0.6 is 23.2 Å². The molecule has 2 N–H and O–H groups in total. The lowest BCUT2D eigenvalue weighted by molar-refractivity contribution is 0.628. The van der Waals surface area contributed by atoms with Gasteiger partial charge in [-0.3, -0.25) is 0 Å². The Balaban J connectivity index is 2.61. The van der Waals surface area contributed by atoms with Crippen molar-refractivity contribution < 1.29 is 4.39 Å². The van der Waals surface area contributed by atoms with E-state index in [9.17, 15) is 4.39 Å². The molecule has 2 aromatic carbocycles.